The average Bonchev–Trinajstić information content (AvgIpc) is 2.34. The first-order valence-electron chi connectivity index (χ1n) is 5.49. The van der Waals surface area contributed by atoms with E-state index in [0.717, 1.165) is 6.26 Å². The van der Waals surface area contributed by atoms with Crippen molar-refractivity contribution in [1.82, 2.24) is 0 Å². The summed E-state index contributed by atoms with van der Waals surface area (Å²) in [5.74, 6) is 0.656. The second-order valence-corrected chi connectivity index (χ2v) is 6.17. The molecule has 0 saturated carbocycles. The molecule has 0 aliphatic carbocycles. The maximum atomic E-state index is 11.6. The molecule has 1 atom stereocenters. The Labute approximate surface area is 107 Å². The fraction of sp³-hybridized carbons (Fsp3) is 0.417. The van der Waals surface area contributed by atoms with Gasteiger partial charge in [-0.05, 0) is 30.7 Å². The molecule has 0 amide bonds. The van der Waals surface area contributed by atoms with Gasteiger partial charge in [-0.2, -0.15) is 0 Å². The lowest BCUT2D eigenvalue weighted by atomic mass is 10.1. The zero-order valence-corrected chi connectivity index (χ0v) is 11.4. The van der Waals surface area contributed by atoms with Crippen molar-refractivity contribution in [2.45, 2.75) is 18.6 Å². The molecule has 0 aliphatic rings. The molecule has 1 aromatic rings. The van der Waals surface area contributed by atoms with Gasteiger partial charge in [0.1, 0.15) is 16.7 Å². The van der Waals surface area contributed by atoms with E-state index in [1.54, 1.807) is 38.3 Å². The molecule has 18 heavy (non-hydrogen) atoms. The number of hydrogen-bond acceptors (Lipinski definition) is 5. The van der Waals surface area contributed by atoms with E-state index in [1.807, 2.05) is 0 Å². The van der Waals surface area contributed by atoms with Gasteiger partial charge in [0.25, 0.3) is 0 Å². The number of benzene rings is 1. The first kappa shape index (κ1) is 14.5. The fourth-order valence-electron chi connectivity index (χ4n) is 1.77. The molecule has 0 radical (unpaired) electrons. The molecule has 0 aliphatic heterocycles. The highest BCUT2D eigenvalue weighted by atomic mass is 32.2. The number of methoxy groups -OCH3 is 1. The summed E-state index contributed by atoms with van der Waals surface area (Å²) in [5.41, 5.74) is 0.721. The number of nitrogens with zero attached hydrogens (tertiary/aromatic N) is 1. The van der Waals surface area contributed by atoms with Gasteiger partial charge in [-0.15, -0.1) is 0 Å². The Morgan fingerprint density at radius 3 is 2.28 bits per heavy atom. The van der Waals surface area contributed by atoms with E-state index < -0.39 is 15.1 Å². The van der Waals surface area contributed by atoms with Crippen molar-refractivity contribution < 1.29 is 18.4 Å². The summed E-state index contributed by atoms with van der Waals surface area (Å²) in [5, 5.41) is 11.4. The van der Waals surface area contributed by atoms with E-state index in [4.69, 9.17) is 9.94 Å². The highest BCUT2D eigenvalue weighted by molar-refractivity contribution is 7.92. The first-order chi connectivity index (χ1) is 8.43. The summed E-state index contributed by atoms with van der Waals surface area (Å²) >= 11 is 0. The highest BCUT2D eigenvalue weighted by Crippen LogP contribution is 2.17. The third kappa shape index (κ3) is 3.22. The summed E-state index contributed by atoms with van der Waals surface area (Å²) in [6, 6.07) is 6.72. The first-order valence-corrected chi connectivity index (χ1v) is 7.44. The molecule has 0 spiro atoms. The molecule has 1 aromatic carbocycles. The Kier molecular flexibility index (Phi) is 4.72. The molecule has 0 aromatic heterocycles. The van der Waals surface area contributed by atoms with Gasteiger partial charge in [0.05, 0.1) is 7.11 Å². The van der Waals surface area contributed by atoms with Crippen molar-refractivity contribution in [3.63, 3.8) is 0 Å². The largest absolute Gasteiger partial charge is 0.497 e. The lowest BCUT2D eigenvalue weighted by molar-refractivity contribution is 0.318. The third-order valence-electron chi connectivity index (χ3n) is 2.69. The van der Waals surface area contributed by atoms with Gasteiger partial charge >= 0.3 is 0 Å². The van der Waals surface area contributed by atoms with Gasteiger partial charge in [0.15, 0.2) is 9.84 Å². The van der Waals surface area contributed by atoms with E-state index in [-0.39, 0.29) is 5.71 Å². The van der Waals surface area contributed by atoms with Crippen molar-refractivity contribution in [1.29, 1.82) is 0 Å². The van der Waals surface area contributed by atoms with Crippen LogP contribution in [0.3, 0.4) is 0 Å². The third-order valence-corrected chi connectivity index (χ3v) is 4.28. The normalized spacial score (nSPS) is 14.3. The van der Waals surface area contributed by atoms with E-state index in [9.17, 15) is 8.42 Å². The van der Waals surface area contributed by atoms with Crippen molar-refractivity contribution in [3.8, 4) is 5.75 Å². The Hall–Kier alpha value is -1.56. The lowest BCUT2D eigenvalue weighted by Crippen LogP contribution is -2.29. The number of ether oxygens (including phenoxy) is 1. The molecule has 0 saturated heterocycles. The van der Waals surface area contributed by atoms with Gasteiger partial charge in [-0.3, -0.25) is 0 Å². The maximum absolute atomic E-state index is 11.6. The minimum atomic E-state index is -3.31. The van der Waals surface area contributed by atoms with E-state index in [2.05, 4.69) is 5.16 Å². The van der Waals surface area contributed by atoms with Gasteiger partial charge in [-0.1, -0.05) is 12.1 Å². The lowest BCUT2D eigenvalue weighted by Gasteiger charge is -2.14. The fourth-order valence-corrected chi connectivity index (χ4v) is 2.96. The minimum Gasteiger partial charge on any atom is -0.497 e. The van der Waals surface area contributed by atoms with Crippen LogP contribution in [0.15, 0.2) is 29.4 Å². The van der Waals surface area contributed by atoms with Gasteiger partial charge in [0, 0.05) is 11.8 Å². The predicted molar refractivity (Wildman–Crippen MR) is 70.2 cm³/mol. The van der Waals surface area contributed by atoms with Crippen LogP contribution in [0, 0.1) is 0 Å². The zero-order valence-electron chi connectivity index (χ0n) is 10.6. The van der Waals surface area contributed by atoms with Crippen LogP contribution >= 0.6 is 0 Å². The van der Waals surface area contributed by atoms with E-state index in [0.29, 0.717) is 17.7 Å². The van der Waals surface area contributed by atoms with Crippen LogP contribution in [0.1, 0.15) is 18.9 Å². The Morgan fingerprint density at radius 2 is 1.94 bits per heavy atom. The summed E-state index contributed by atoms with van der Waals surface area (Å²) in [7, 11) is -1.77. The average molecular weight is 271 g/mol. The standard InChI is InChI=1S/C12H17NO4S/c1-4-11(18(3,15)16)12(13-14)9-5-7-10(17-2)8-6-9/h5-8,11,14H,4H2,1-3H3/b13-12-/t11-/m0/s1. The molecule has 1 N–H and O–H groups in total. The van der Waals surface area contributed by atoms with Crippen LogP contribution < -0.4 is 4.74 Å². The Bertz CT molecular complexity index is 520. The molecule has 0 bridgehead atoms. The predicted octanol–water partition coefficient (Wildman–Crippen LogP) is 1.70. The van der Waals surface area contributed by atoms with Crippen molar-refractivity contribution in [2.75, 3.05) is 13.4 Å². The van der Waals surface area contributed by atoms with Crippen LogP contribution in [0.4, 0.5) is 0 Å². The molecular formula is C12H17NO4S. The summed E-state index contributed by atoms with van der Waals surface area (Å²) in [4.78, 5) is 0. The van der Waals surface area contributed by atoms with Crippen LogP contribution in [-0.4, -0.2) is 38.0 Å². The SMILES string of the molecule is CC[C@@H](/C(=N\O)c1ccc(OC)cc1)S(C)(=O)=O. The molecule has 0 fully saturated rings. The molecule has 0 unspecified atom stereocenters. The number of rotatable bonds is 5. The Balaban J connectivity index is 3.17. The molecule has 5 nitrogen and oxygen atoms in total. The minimum absolute atomic E-state index is 0.155. The molecule has 0 heterocycles. The molecular weight excluding hydrogens is 254 g/mol. The molecule has 100 valence electrons. The summed E-state index contributed by atoms with van der Waals surface area (Å²) in [6.45, 7) is 1.74. The van der Waals surface area contributed by atoms with Crippen LogP contribution in [0.5, 0.6) is 5.75 Å². The monoisotopic (exact) mass is 271 g/mol. The van der Waals surface area contributed by atoms with Crippen molar-refractivity contribution in [2.24, 2.45) is 5.16 Å². The second kappa shape index (κ2) is 5.86. The zero-order chi connectivity index (χ0) is 13.8. The highest BCUT2D eigenvalue weighted by Gasteiger charge is 2.26. The van der Waals surface area contributed by atoms with E-state index in [1.165, 1.54) is 0 Å². The van der Waals surface area contributed by atoms with Crippen LogP contribution in [0.25, 0.3) is 0 Å². The van der Waals surface area contributed by atoms with Crippen LogP contribution in [0.2, 0.25) is 0 Å². The van der Waals surface area contributed by atoms with Crippen molar-refractivity contribution in [3.05, 3.63) is 29.8 Å². The van der Waals surface area contributed by atoms with Crippen LogP contribution in [-0.2, 0) is 9.84 Å². The molecule has 6 heteroatoms. The van der Waals surface area contributed by atoms with Gasteiger partial charge < -0.3 is 9.94 Å². The second-order valence-electron chi connectivity index (χ2n) is 3.94. The van der Waals surface area contributed by atoms with E-state index >= 15 is 0 Å². The maximum Gasteiger partial charge on any atom is 0.156 e. The number of oxime groups is 1. The molecule has 1 rings (SSSR count). The van der Waals surface area contributed by atoms with Gasteiger partial charge in [0.2, 0.25) is 0 Å². The smallest absolute Gasteiger partial charge is 0.156 e. The van der Waals surface area contributed by atoms with Gasteiger partial charge in [-0.25, -0.2) is 8.42 Å². The summed E-state index contributed by atoms with van der Waals surface area (Å²) in [6.07, 6.45) is 1.49. The topological polar surface area (TPSA) is 76.0 Å². The Morgan fingerprint density at radius 1 is 1.39 bits per heavy atom. The van der Waals surface area contributed by atoms with Crippen molar-refractivity contribution >= 4 is 15.5 Å². The summed E-state index contributed by atoms with van der Waals surface area (Å²) < 4.78 is 28.3. The quantitative estimate of drug-likeness (QED) is 0.502. The number of hydrogen-bond donors (Lipinski definition) is 1. The number of sulfone groups is 1.